The van der Waals surface area contributed by atoms with Gasteiger partial charge in [-0.05, 0) is 56.9 Å². The van der Waals surface area contributed by atoms with E-state index in [4.69, 9.17) is 5.11 Å². The number of carboxylic acid groups (broad SMARTS) is 1. The summed E-state index contributed by atoms with van der Waals surface area (Å²) < 4.78 is 0. The first kappa shape index (κ1) is 18.9. The molecule has 1 aromatic rings. The molecule has 1 amide bonds. The molecule has 5 nitrogen and oxygen atoms in total. The molecule has 5 heteroatoms. The number of carbonyl (C=O) groups excluding carboxylic acids is 1. The van der Waals surface area contributed by atoms with Gasteiger partial charge in [-0.15, -0.1) is 0 Å². The van der Waals surface area contributed by atoms with Crippen LogP contribution in [0.15, 0.2) is 24.3 Å². The maximum Gasteiger partial charge on any atom is 0.317 e. The van der Waals surface area contributed by atoms with Crippen LogP contribution in [0.2, 0.25) is 0 Å². The number of aryl methyl sites for hydroxylation is 2. The third-order valence-corrected chi connectivity index (χ3v) is 5.51. The average molecular weight is 358 g/mol. The fraction of sp³-hybridized carbons (Fsp3) is 0.619. The lowest BCUT2D eigenvalue weighted by Gasteiger charge is -2.42. The molecule has 0 saturated heterocycles. The Morgan fingerprint density at radius 2 is 1.88 bits per heavy atom. The van der Waals surface area contributed by atoms with Gasteiger partial charge in [0.15, 0.2) is 0 Å². The molecule has 0 unspecified atom stereocenters. The minimum absolute atomic E-state index is 0.118. The Hall–Kier alpha value is -1.88. The average Bonchev–Trinajstić information content (AvgIpc) is 3.35. The third-order valence-electron chi connectivity index (χ3n) is 5.51. The maximum atomic E-state index is 12.1. The highest BCUT2D eigenvalue weighted by Gasteiger charge is 2.37. The summed E-state index contributed by atoms with van der Waals surface area (Å²) in [6.45, 7) is 3.10. The maximum absolute atomic E-state index is 12.1. The van der Waals surface area contributed by atoms with Crippen LogP contribution in [-0.2, 0) is 16.0 Å². The van der Waals surface area contributed by atoms with E-state index in [0.717, 1.165) is 32.2 Å². The first-order valence-corrected chi connectivity index (χ1v) is 9.80. The number of aliphatic carboxylic acids is 1. The molecule has 0 radical (unpaired) electrons. The molecular weight excluding hydrogens is 328 g/mol. The predicted octanol–water partition coefficient (Wildman–Crippen LogP) is 2.76. The molecule has 2 aliphatic rings. The molecule has 26 heavy (non-hydrogen) atoms. The van der Waals surface area contributed by atoms with Crippen molar-refractivity contribution in [3.8, 4) is 0 Å². The molecule has 3 rings (SSSR count). The molecule has 1 aromatic carbocycles. The monoisotopic (exact) mass is 358 g/mol. The lowest BCUT2D eigenvalue weighted by atomic mass is 9.85. The zero-order valence-electron chi connectivity index (χ0n) is 15.6. The van der Waals surface area contributed by atoms with Gasteiger partial charge in [0, 0.05) is 25.0 Å². The van der Waals surface area contributed by atoms with Crippen LogP contribution in [0.25, 0.3) is 0 Å². The van der Waals surface area contributed by atoms with Crippen molar-refractivity contribution in [3.05, 3.63) is 35.4 Å². The summed E-state index contributed by atoms with van der Waals surface area (Å²) in [5.74, 6) is 0.0477. The predicted molar refractivity (Wildman–Crippen MR) is 101 cm³/mol. The van der Waals surface area contributed by atoms with Crippen molar-refractivity contribution in [3.63, 3.8) is 0 Å². The van der Waals surface area contributed by atoms with E-state index in [9.17, 15) is 9.59 Å². The number of benzene rings is 1. The molecule has 2 N–H and O–H groups in total. The quantitative estimate of drug-likeness (QED) is 0.675. The highest BCUT2D eigenvalue weighted by atomic mass is 16.4. The molecule has 0 bridgehead atoms. The lowest BCUT2D eigenvalue weighted by Crippen LogP contribution is -2.55. The van der Waals surface area contributed by atoms with E-state index in [1.807, 2.05) is 0 Å². The Morgan fingerprint density at radius 3 is 2.50 bits per heavy atom. The molecule has 0 atom stereocenters. The zero-order chi connectivity index (χ0) is 18.5. The molecular formula is C21H30N2O3. The highest BCUT2D eigenvalue weighted by Crippen LogP contribution is 2.33. The van der Waals surface area contributed by atoms with Crippen LogP contribution in [0.4, 0.5) is 0 Å². The van der Waals surface area contributed by atoms with Crippen molar-refractivity contribution in [2.24, 2.45) is 5.92 Å². The minimum atomic E-state index is -0.755. The van der Waals surface area contributed by atoms with Gasteiger partial charge in [0.05, 0.1) is 6.54 Å². The first-order valence-electron chi connectivity index (χ1n) is 9.80. The standard InChI is InChI=1S/C21H30N2O3/c1-15-5-7-16(8-6-15)3-2-4-20(24)22-18-11-19(12-18)23(14-21(25)26)13-17-9-10-17/h5-8,17-19H,2-4,9-14H2,1H3,(H,22,24)(H,25,26). The zero-order valence-corrected chi connectivity index (χ0v) is 15.6. The van der Waals surface area contributed by atoms with Gasteiger partial charge in [0.2, 0.25) is 5.91 Å². The number of hydrogen-bond donors (Lipinski definition) is 2. The molecule has 0 aromatic heterocycles. The SMILES string of the molecule is Cc1ccc(CCCC(=O)NC2CC(N(CC(=O)O)CC3CC3)C2)cc1. The van der Waals surface area contributed by atoms with E-state index >= 15 is 0 Å². The Balaban J connectivity index is 1.33. The topological polar surface area (TPSA) is 69.6 Å². The summed E-state index contributed by atoms with van der Waals surface area (Å²) >= 11 is 0. The summed E-state index contributed by atoms with van der Waals surface area (Å²) in [7, 11) is 0. The number of amides is 1. The van der Waals surface area contributed by atoms with Gasteiger partial charge in [-0.25, -0.2) is 0 Å². The summed E-state index contributed by atoms with van der Waals surface area (Å²) in [4.78, 5) is 25.3. The van der Waals surface area contributed by atoms with Gasteiger partial charge in [-0.3, -0.25) is 14.5 Å². The van der Waals surface area contributed by atoms with Crippen molar-refractivity contribution in [2.75, 3.05) is 13.1 Å². The molecule has 2 saturated carbocycles. The second-order valence-corrected chi connectivity index (χ2v) is 8.00. The van der Waals surface area contributed by atoms with E-state index < -0.39 is 5.97 Å². The van der Waals surface area contributed by atoms with Crippen molar-refractivity contribution in [1.29, 1.82) is 0 Å². The normalized spacial score (nSPS) is 22.1. The fourth-order valence-electron chi connectivity index (χ4n) is 3.66. The van der Waals surface area contributed by atoms with E-state index in [1.54, 1.807) is 0 Å². The summed E-state index contributed by atoms with van der Waals surface area (Å²) in [5, 5.41) is 12.2. The van der Waals surface area contributed by atoms with Gasteiger partial charge in [0.25, 0.3) is 0 Å². The Bertz CT molecular complexity index is 619. The van der Waals surface area contributed by atoms with Crippen LogP contribution in [-0.4, -0.2) is 47.1 Å². The number of hydrogen-bond acceptors (Lipinski definition) is 3. The highest BCUT2D eigenvalue weighted by molar-refractivity contribution is 5.76. The number of carbonyl (C=O) groups is 2. The van der Waals surface area contributed by atoms with Crippen molar-refractivity contribution < 1.29 is 14.7 Å². The van der Waals surface area contributed by atoms with Crippen molar-refractivity contribution >= 4 is 11.9 Å². The van der Waals surface area contributed by atoms with Gasteiger partial charge in [-0.2, -0.15) is 0 Å². The van der Waals surface area contributed by atoms with Crippen LogP contribution in [0.1, 0.15) is 49.7 Å². The molecule has 0 spiro atoms. The van der Waals surface area contributed by atoms with Crippen LogP contribution >= 0.6 is 0 Å². The summed E-state index contributed by atoms with van der Waals surface area (Å²) in [6, 6.07) is 8.98. The number of rotatable bonds is 10. The number of carboxylic acids is 1. The van der Waals surface area contributed by atoms with Crippen molar-refractivity contribution in [2.45, 2.75) is 64.0 Å². The molecule has 0 aliphatic heterocycles. The van der Waals surface area contributed by atoms with E-state index in [1.165, 1.54) is 24.0 Å². The Labute approximate surface area is 155 Å². The first-order chi connectivity index (χ1) is 12.5. The van der Waals surface area contributed by atoms with Crippen LogP contribution in [0.5, 0.6) is 0 Å². The van der Waals surface area contributed by atoms with Gasteiger partial charge in [-0.1, -0.05) is 29.8 Å². The van der Waals surface area contributed by atoms with Gasteiger partial charge >= 0.3 is 5.97 Å². The second-order valence-electron chi connectivity index (χ2n) is 8.00. The van der Waals surface area contributed by atoms with Crippen LogP contribution < -0.4 is 5.32 Å². The molecule has 142 valence electrons. The molecule has 2 fully saturated rings. The van der Waals surface area contributed by atoms with Crippen LogP contribution in [0.3, 0.4) is 0 Å². The summed E-state index contributed by atoms with van der Waals surface area (Å²) in [5.41, 5.74) is 2.53. The minimum Gasteiger partial charge on any atom is -0.480 e. The molecule has 0 heterocycles. The van der Waals surface area contributed by atoms with Gasteiger partial charge < -0.3 is 10.4 Å². The number of nitrogens with zero attached hydrogens (tertiary/aromatic N) is 1. The van der Waals surface area contributed by atoms with E-state index in [2.05, 4.69) is 41.4 Å². The molecule has 2 aliphatic carbocycles. The second kappa shape index (κ2) is 8.67. The van der Waals surface area contributed by atoms with Crippen LogP contribution in [0, 0.1) is 12.8 Å². The fourth-order valence-corrected chi connectivity index (χ4v) is 3.66. The van der Waals surface area contributed by atoms with E-state index in [0.29, 0.717) is 18.4 Å². The summed E-state index contributed by atoms with van der Waals surface area (Å²) in [6.07, 6.45) is 6.55. The Kier molecular flexibility index (Phi) is 6.30. The third kappa shape index (κ3) is 5.84. The van der Waals surface area contributed by atoms with Crippen molar-refractivity contribution in [1.82, 2.24) is 10.2 Å². The smallest absolute Gasteiger partial charge is 0.317 e. The lowest BCUT2D eigenvalue weighted by molar-refractivity contribution is -0.140. The van der Waals surface area contributed by atoms with Gasteiger partial charge in [0.1, 0.15) is 0 Å². The largest absolute Gasteiger partial charge is 0.480 e. The number of nitrogens with one attached hydrogen (secondary N) is 1. The van der Waals surface area contributed by atoms with E-state index in [-0.39, 0.29) is 18.5 Å². The Morgan fingerprint density at radius 1 is 1.19 bits per heavy atom.